The zero-order valence-corrected chi connectivity index (χ0v) is 20.7. The van der Waals surface area contributed by atoms with Crippen LogP contribution in [-0.4, -0.2) is 4.98 Å². The number of rotatable bonds is 6. The van der Waals surface area contributed by atoms with Crippen LogP contribution >= 0.6 is 0 Å². The van der Waals surface area contributed by atoms with Gasteiger partial charge in [-0.3, -0.25) is 4.98 Å². The van der Waals surface area contributed by atoms with E-state index in [1.807, 2.05) is 78.9 Å². The Bertz CT molecular complexity index is 1630. The lowest BCUT2D eigenvalue weighted by Gasteiger charge is -2.17. The van der Waals surface area contributed by atoms with E-state index in [-0.39, 0.29) is 5.52 Å². The molecule has 0 aliphatic heterocycles. The van der Waals surface area contributed by atoms with Crippen LogP contribution in [0.25, 0.3) is 22.0 Å². The van der Waals surface area contributed by atoms with Crippen molar-refractivity contribution in [2.24, 2.45) is 0 Å². The van der Waals surface area contributed by atoms with Crippen LogP contribution in [0.15, 0.2) is 103 Å². The fourth-order valence-corrected chi connectivity index (χ4v) is 4.55. The second-order valence-electron chi connectivity index (χ2n) is 8.91. The van der Waals surface area contributed by atoms with Gasteiger partial charge in [-0.1, -0.05) is 66.6 Å². The average Bonchev–Trinajstić information content (AvgIpc) is 2.92. The predicted molar refractivity (Wildman–Crippen MR) is 145 cm³/mol. The molecular weight excluding hydrogens is 483 g/mol. The smallest absolute Gasteiger partial charge is 0.418 e. The average molecular weight is 508 g/mol. The van der Waals surface area contributed by atoms with Crippen molar-refractivity contribution in [2.75, 3.05) is 0 Å². The monoisotopic (exact) mass is 507 g/mol. The highest BCUT2D eigenvalue weighted by atomic mass is 19.4. The quantitative estimate of drug-likeness (QED) is 0.215. The van der Waals surface area contributed by atoms with Crippen molar-refractivity contribution < 1.29 is 17.9 Å². The van der Waals surface area contributed by atoms with Crippen molar-refractivity contribution in [2.45, 2.75) is 26.1 Å². The molecule has 1 aromatic heterocycles. The summed E-state index contributed by atoms with van der Waals surface area (Å²) in [5, 5.41) is 0.471. The number of hydrogen-bond donors (Lipinski definition) is 0. The molecule has 0 unspecified atom stereocenters. The third-order valence-electron chi connectivity index (χ3n) is 6.26. The van der Waals surface area contributed by atoms with E-state index >= 15 is 0 Å². The standard InChI is InChI=1S/C33H24F3NO/c1-2-8-23-15-17-28(18-16-23)38-22-25-11-6-12-26(20-25)31-27(19-24-9-4-3-5-10-24)21-37-32-29(31)13-7-14-30(32)33(34,35)36/h3-7,9-18,20-21H,19,22H2,1H3. The van der Waals surface area contributed by atoms with Crippen molar-refractivity contribution >= 4 is 10.9 Å². The molecule has 0 bridgehead atoms. The molecule has 188 valence electrons. The molecule has 0 fully saturated rings. The summed E-state index contributed by atoms with van der Waals surface area (Å²) in [4.78, 5) is 4.29. The molecule has 5 rings (SSSR count). The Hall–Kier alpha value is -4.56. The van der Waals surface area contributed by atoms with Crippen LogP contribution in [0.1, 0.15) is 34.7 Å². The highest BCUT2D eigenvalue weighted by Gasteiger charge is 2.33. The van der Waals surface area contributed by atoms with Crippen molar-refractivity contribution in [1.29, 1.82) is 0 Å². The summed E-state index contributed by atoms with van der Waals surface area (Å²) in [7, 11) is 0. The minimum atomic E-state index is -4.50. The van der Waals surface area contributed by atoms with Gasteiger partial charge in [0.1, 0.15) is 12.4 Å². The second kappa shape index (κ2) is 10.8. The summed E-state index contributed by atoms with van der Waals surface area (Å²) < 4.78 is 47.5. The summed E-state index contributed by atoms with van der Waals surface area (Å²) in [5.41, 5.74) is 4.50. The summed E-state index contributed by atoms with van der Waals surface area (Å²) in [6.07, 6.45) is -2.38. The fraction of sp³-hybridized carbons (Fsp3) is 0.121. The molecule has 38 heavy (non-hydrogen) atoms. The number of alkyl halides is 3. The van der Waals surface area contributed by atoms with Gasteiger partial charge in [-0.2, -0.15) is 13.2 Å². The molecule has 4 aromatic carbocycles. The van der Waals surface area contributed by atoms with E-state index < -0.39 is 11.7 Å². The van der Waals surface area contributed by atoms with Crippen molar-refractivity contribution in [3.63, 3.8) is 0 Å². The number of para-hydroxylation sites is 1. The van der Waals surface area contributed by atoms with Gasteiger partial charge >= 0.3 is 6.18 Å². The van der Waals surface area contributed by atoms with Crippen LogP contribution in [0, 0.1) is 11.8 Å². The molecule has 0 atom stereocenters. The number of halogens is 3. The first kappa shape index (κ1) is 25.1. The number of fused-ring (bicyclic) bond motifs is 1. The first-order chi connectivity index (χ1) is 18.4. The Morgan fingerprint density at radius 3 is 2.29 bits per heavy atom. The number of ether oxygens (including phenoxy) is 1. The molecule has 0 saturated heterocycles. The summed E-state index contributed by atoms with van der Waals surface area (Å²) >= 11 is 0. The molecule has 5 heteroatoms. The molecule has 0 spiro atoms. The first-order valence-corrected chi connectivity index (χ1v) is 12.2. The van der Waals surface area contributed by atoms with Crippen molar-refractivity contribution in [3.8, 4) is 28.7 Å². The zero-order chi connectivity index (χ0) is 26.5. The van der Waals surface area contributed by atoms with Gasteiger partial charge in [-0.25, -0.2) is 0 Å². The van der Waals surface area contributed by atoms with Gasteiger partial charge in [0, 0.05) is 17.1 Å². The second-order valence-corrected chi connectivity index (χ2v) is 8.91. The van der Waals surface area contributed by atoms with Gasteiger partial charge in [0.05, 0.1) is 11.1 Å². The van der Waals surface area contributed by atoms with E-state index in [4.69, 9.17) is 4.74 Å². The maximum absolute atomic E-state index is 13.8. The van der Waals surface area contributed by atoms with Gasteiger partial charge in [-0.05, 0) is 77.6 Å². The molecule has 2 nitrogen and oxygen atoms in total. The normalized spacial score (nSPS) is 11.2. The Kier molecular flexibility index (Phi) is 7.15. The maximum atomic E-state index is 13.8. The molecule has 1 heterocycles. The van der Waals surface area contributed by atoms with Crippen molar-refractivity contribution in [1.82, 2.24) is 4.98 Å². The lowest BCUT2D eigenvalue weighted by molar-refractivity contribution is -0.136. The van der Waals surface area contributed by atoms with Gasteiger partial charge in [0.15, 0.2) is 0 Å². The fourth-order valence-electron chi connectivity index (χ4n) is 4.55. The zero-order valence-electron chi connectivity index (χ0n) is 20.7. The van der Waals surface area contributed by atoms with E-state index in [1.54, 1.807) is 19.2 Å². The third kappa shape index (κ3) is 5.55. The highest BCUT2D eigenvalue weighted by Crippen LogP contribution is 2.39. The van der Waals surface area contributed by atoms with Crippen molar-refractivity contribution in [3.05, 3.63) is 131 Å². The van der Waals surface area contributed by atoms with E-state index in [9.17, 15) is 13.2 Å². The molecule has 0 aliphatic rings. The molecule has 0 radical (unpaired) electrons. The van der Waals surface area contributed by atoms with E-state index in [2.05, 4.69) is 16.8 Å². The summed E-state index contributed by atoms with van der Waals surface area (Å²) in [5.74, 6) is 6.59. The van der Waals surface area contributed by atoms with Crippen LogP contribution in [-0.2, 0) is 19.2 Å². The molecule has 0 amide bonds. The Morgan fingerprint density at radius 2 is 1.55 bits per heavy atom. The number of pyridine rings is 1. The number of benzene rings is 4. The number of nitrogens with zero attached hydrogens (tertiary/aromatic N) is 1. The van der Waals surface area contributed by atoms with E-state index in [0.29, 0.717) is 24.2 Å². The molecule has 0 N–H and O–H groups in total. The molecule has 5 aromatic rings. The van der Waals surface area contributed by atoms with Crippen LogP contribution in [0.5, 0.6) is 5.75 Å². The summed E-state index contributed by atoms with van der Waals surface area (Å²) in [6.45, 7) is 2.11. The van der Waals surface area contributed by atoms with Gasteiger partial charge in [0.25, 0.3) is 0 Å². The third-order valence-corrected chi connectivity index (χ3v) is 6.26. The Labute approximate surface area is 219 Å². The van der Waals surface area contributed by atoms with E-state index in [0.717, 1.165) is 39.4 Å². The highest BCUT2D eigenvalue weighted by molar-refractivity contribution is 5.98. The van der Waals surface area contributed by atoms with Gasteiger partial charge in [0.2, 0.25) is 0 Å². The van der Waals surface area contributed by atoms with Crippen LogP contribution < -0.4 is 4.74 Å². The lowest BCUT2D eigenvalue weighted by Crippen LogP contribution is -2.07. The van der Waals surface area contributed by atoms with Gasteiger partial charge in [-0.15, -0.1) is 5.92 Å². The predicted octanol–water partition coefficient (Wildman–Crippen LogP) is 8.46. The molecule has 0 saturated carbocycles. The Morgan fingerprint density at radius 1 is 0.816 bits per heavy atom. The number of aromatic nitrogens is 1. The maximum Gasteiger partial charge on any atom is 0.418 e. The molecular formula is C33H24F3NO. The Balaban J connectivity index is 1.55. The van der Waals surface area contributed by atoms with E-state index in [1.165, 1.54) is 6.07 Å². The number of hydrogen-bond acceptors (Lipinski definition) is 2. The van der Waals surface area contributed by atoms with Gasteiger partial charge < -0.3 is 4.74 Å². The SMILES string of the molecule is CC#Cc1ccc(OCc2cccc(-c3c(Cc4ccccc4)cnc4c(C(F)(F)F)cccc34)c2)cc1. The largest absolute Gasteiger partial charge is 0.489 e. The lowest BCUT2D eigenvalue weighted by atomic mass is 9.91. The summed E-state index contributed by atoms with van der Waals surface area (Å²) in [6, 6.07) is 29.4. The minimum absolute atomic E-state index is 0.0521. The topological polar surface area (TPSA) is 22.1 Å². The molecule has 0 aliphatic carbocycles. The van der Waals surface area contributed by atoms with Crippen LogP contribution in [0.2, 0.25) is 0 Å². The first-order valence-electron chi connectivity index (χ1n) is 12.2. The van der Waals surface area contributed by atoms with Crippen LogP contribution in [0.3, 0.4) is 0 Å². The minimum Gasteiger partial charge on any atom is -0.489 e. The van der Waals surface area contributed by atoms with Crippen LogP contribution in [0.4, 0.5) is 13.2 Å².